The summed E-state index contributed by atoms with van der Waals surface area (Å²) in [7, 11) is 1.84. The molecule has 38 heavy (non-hydrogen) atoms. The van der Waals surface area contributed by atoms with Crippen molar-refractivity contribution in [2.75, 3.05) is 33.3 Å². The van der Waals surface area contributed by atoms with E-state index in [-0.39, 0.29) is 5.91 Å². The van der Waals surface area contributed by atoms with Crippen molar-refractivity contribution in [1.82, 2.24) is 15.2 Å². The Labute approximate surface area is 231 Å². The fourth-order valence-corrected chi connectivity index (χ4v) is 6.06. The number of nitrogens with zero attached hydrogens (tertiary/aromatic N) is 2. The van der Waals surface area contributed by atoms with Gasteiger partial charge in [-0.2, -0.15) is 0 Å². The van der Waals surface area contributed by atoms with E-state index in [9.17, 15) is 4.79 Å². The molecule has 0 bridgehead atoms. The number of pyridine rings is 1. The first-order valence-electron chi connectivity index (χ1n) is 14.0. The topological polar surface area (TPSA) is 54.5 Å². The summed E-state index contributed by atoms with van der Waals surface area (Å²) in [5.74, 6) is 1.74. The molecule has 1 aromatic heterocycles. The molecule has 1 N–H and O–H groups in total. The number of piperidine rings is 1. The Balaban J connectivity index is 1.02. The van der Waals surface area contributed by atoms with Crippen molar-refractivity contribution in [1.29, 1.82) is 0 Å². The highest BCUT2D eigenvalue weighted by molar-refractivity contribution is 6.30. The summed E-state index contributed by atoms with van der Waals surface area (Å²) < 4.78 is 5.94. The summed E-state index contributed by atoms with van der Waals surface area (Å²) in [6, 6.07) is 15.9. The monoisotopic (exact) mass is 531 g/mol. The molecule has 1 aliphatic carbocycles. The van der Waals surface area contributed by atoms with Gasteiger partial charge in [0.1, 0.15) is 5.75 Å². The lowest BCUT2D eigenvalue weighted by Crippen LogP contribution is -2.34. The van der Waals surface area contributed by atoms with Crippen molar-refractivity contribution in [2.45, 2.75) is 57.3 Å². The number of carbonyl (C=O) groups is 1. The first-order chi connectivity index (χ1) is 18.6. The van der Waals surface area contributed by atoms with Gasteiger partial charge in [-0.3, -0.25) is 9.78 Å². The SMILES string of the molecule is COc1c(C2CCN(CCCCNC(=O)c3ccc(-c4ccc(Cl)cn4)cc3)CC2)ccc2c1CCCC2. The largest absolute Gasteiger partial charge is 0.496 e. The predicted octanol–water partition coefficient (Wildman–Crippen LogP) is 6.68. The lowest BCUT2D eigenvalue weighted by molar-refractivity contribution is 0.0952. The standard InChI is InChI=1S/C32H38ClN3O2/c1-38-31-28-7-3-2-6-23(28)12-14-29(31)24-16-20-36(21-17-24)19-5-4-18-34-32(37)26-10-8-25(9-11-26)30-15-13-27(33)22-35-30/h8-15,22,24H,2-7,16-21H2,1H3,(H,34,37). The van der Waals surface area contributed by atoms with Crippen LogP contribution in [-0.4, -0.2) is 49.1 Å². The zero-order valence-electron chi connectivity index (χ0n) is 22.3. The van der Waals surface area contributed by atoms with Gasteiger partial charge >= 0.3 is 0 Å². The van der Waals surface area contributed by atoms with Crippen LogP contribution < -0.4 is 10.1 Å². The van der Waals surface area contributed by atoms with Gasteiger partial charge in [0.05, 0.1) is 17.8 Å². The average Bonchev–Trinajstić information content (AvgIpc) is 2.97. The van der Waals surface area contributed by atoms with Crippen LogP contribution in [0, 0.1) is 0 Å². The van der Waals surface area contributed by atoms with Crippen molar-refractivity contribution in [3.8, 4) is 17.0 Å². The molecule has 0 radical (unpaired) electrons. The fraction of sp³-hybridized carbons (Fsp3) is 0.438. The molecule has 5 nitrogen and oxygen atoms in total. The number of methoxy groups -OCH3 is 1. The fourth-order valence-electron chi connectivity index (χ4n) is 5.95. The first kappa shape index (κ1) is 26.7. The second kappa shape index (κ2) is 12.8. The summed E-state index contributed by atoms with van der Waals surface area (Å²) in [6.07, 6.45) is 11.0. The maximum atomic E-state index is 12.5. The van der Waals surface area contributed by atoms with Gasteiger partial charge in [-0.15, -0.1) is 0 Å². The molecule has 2 aromatic carbocycles. The minimum Gasteiger partial charge on any atom is -0.496 e. The molecule has 1 fully saturated rings. The highest BCUT2D eigenvalue weighted by Gasteiger charge is 2.26. The van der Waals surface area contributed by atoms with Gasteiger partial charge in [0.25, 0.3) is 5.91 Å². The maximum Gasteiger partial charge on any atom is 0.251 e. The van der Waals surface area contributed by atoms with Gasteiger partial charge in [-0.05, 0) is 118 Å². The number of benzene rings is 2. The van der Waals surface area contributed by atoms with Crippen molar-refractivity contribution in [3.05, 3.63) is 82.0 Å². The van der Waals surface area contributed by atoms with Gasteiger partial charge < -0.3 is 15.0 Å². The molecule has 200 valence electrons. The Kier molecular flexibility index (Phi) is 8.98. The lowest BCUT2D eigenvalue weighted by Gasteiger charge is -2.33. The molecular weight excluding hydrogens is 494 g/mol. The molecule has 1 aliphatic heterocycles. The molecule has 6 heteroatoms. The third-order valence-corrected chi connectivity index (χ3v) is 8.32. The van der Waals surface area contributed by atoms with Crippen molar-refractivity contribution in [2.24, 2.45) is 0 Å². The quantitative estimate of drug-likeness (QED) is 0.313. The number of hydrogen-bond donors (Lipinski definition) is 1. The van der Waals surface area contributed by atoms with Crippen LogP contribution in [0.5, 0.6) is 5.75 Å². The van der Waals surface area contributed by atoms with Crippen LogP contribution in [0.15, 0.2) is 54.7 Å². The number of ether oxygens (including phenoxy) is 1. The number of hydrogen-bond acceptors (Lipinski definition) is 4. The van der Waals surface area contributed by atoms with E-state index in [1.807, 2.05) is 43.5 Å². The second-order valence-electron chi connectivity index (χ2n) is 10.6. The van der Waals surface area contributed by atoms with Crippen LogP contribution in [0.2, 0.25) is 5.02 Å². The zero-order chi connectivity index (χ0) is 26.3. The van der Waals surface area contributed by atoms with Crippen molar-refractivity contribution in [3.63, 3.8) is 0 Å². The number of aromatic nitrogens is 1. The third-order valence-electron chi connectivity index (χ3n) is 8.10. The number of amides is 1. The Morgan fingerprint density at radius 2 is 1.82 bits per heavy atom. The number of halogens is 1. The number of unbranched alkanes of at least 4 members (excludes halogenated alkanes) is 1. The highest BCUT2D eigenvalue weighted by Crippen LogP contribution is 2.40. The Morgan fingerprint density at radius 1 is 1.03 bits per heavy atom. The van der Waals surface area contributed by atoms with Gasteiger partial charge in [0.2, 0.25) is 0 Å². The van der Waals surface area contributed by atoms with E-state index < -0.39 is 0 Å². The summed E-state index contributed by atoms with van der Waals surface area (Å²) in [4.78, 5) is 19.5. The summed E-state index contributed by atoms with van der Waals surface area (Å²) in [6.45, 7) is 4.05. The zero-order valence-corrected chi connectivity index (χ0v) is 23.1. The Bertz CT molecular complexity index is 1220. The normalized spacial score (nSPS) is 16.2. The maximum absolute atomic E-state index is 12.5. The van der Waals surface area contributed by atoms with Crippen LogP contribution in [0.4, 0.5) is 0 Å². The van der Waals surface area contributed by atoms with E-state index in [0.29, 0.717) is 23.0 Å². The number of aryl methyl sites for hydroxylation is 1. The molecular formula is C32H38ClN3O2. The van der Waals surface area contributed by atoms with E-state index in [1.54, 1.807) is 6.20 Å². The average molecular weight is 532 g/mol. The first-order valence-corrected chi connectivity index (χ1v) is 14.4. The minimum absolute atomic E-state index is 0.0274. The molecule has 0 saturated carbocycles. The third kappa shape index (κ3) is 6.39. The minimum atomic E-state index is -0.0274. The number of likely N-dealkylation sites (tertiary alicyclic amines) is 1. The van der Waals surface area contributed by atoms with Gasteiger partial charge in [0.15, 0.2) is 0 Å². The van der Waals surface area contributed by atoms with Crippen molar-refractivity contribution < 1.29 is 9.53 Å². The molecule has 0 atom stereocenters. The van der Waals surface area contributed by atoms with E-state index in [2.05, 4.69) is 27.3 Å². The molecule has 1 amide bonds. The van der Waals surface area contributed by atoms with Crippen LogP contribution >= 0.6 is 11.6 Å². The molecule has 5 rings (SSSR count). The summed E-state index contributed by atoms with van der Waals surface area (Å²) in [5, 5.41) is 3.68. The predicted molar refractivity (Wildman–Crippen MR) is 154 cm³/mol. The number of nitrogens with one attached hydrogen (secondary N) is 1. The van der Waals surface area contributed by atoms with Gasteiger partial charge in [-0.1, -0.05) is 35.9 Å². The van der Waals surface area contributed by atoms with E-state index in [0.717, 1.165) is 50.2 Å². The molecule has 0 unspecified atom stereocenters. The molecule has 0 spiro atoms. The van der Waals surface area contributed by atoms with Gasteiger partial charge in [-0.25, -0.2) is 0 Å². The van der Waals surface area contributed by atoms with Crippen LogP contribution in [0.1, 0.15) is 71.5 Å². The molecule has 2 heterocycles. The van der Waals surface area contributed by atoms with Crippen LogP contribution in [-0.2, 0) is 12.8 Å². The highest BCUT2D eigenvalue weighted by atomic mass is 35.5. The van der Waals surface area contributed by atoms with Gasteiger partial charge in [0, 0.05) is 23.9 Å². The van der Waals surface area contributed by atoms with E-state index >= 15 is 0 Å². The van der Waals surface area contributed by atoms with E-state index in [1.165, 1.54) is 54.5 Å². The lowest BCUT2D eigenvalue weighted by atomic mass is 9.83. The van der Waals surface area contributed by atoms with Crippen LogP contribution in [0.3, 0.4) is 0 Å². The number of rotatable bonds is 9. The Morgan fingerprint density at radius 3 is 2.55 bits per heavy atom. The number of carbonyl (C=O) groups excluding carboxylic acids is 1. The summed E-state index contributed by atoms with van der Waals surface area (Å²) in [5.41, 5.74) is 6.86. The van der Waals surface area contributed by atoms with Crippen LogP contribution in [0.25, 0.3) is 11.3 Å². The molecule has 1 saturated heterocycles. The smallest absolute Gasteiger partial charge is 0.251 e. The summed E-state index contributed by atoms with van der Waals surface area (Å²) >= 11 is 5.92. The molecule has 3 aromatic rings. The Hall–Kier alpha value is -2.89. The number of fused-ring (bicyclic) bond motifs is 1. The second-order valence-corrected chi connectivity index (χ2v) is 11.0. The molecule has 2 aliphatic rings. The van der Waals surface area contributed by atoms with E-state index in [4.69, 9.17) is 16.3 Å². The van der Waals surface area contributed by atoms with Crippen molar-refractivity contribution >= 4 is 17.5 Å².